The van der Waals surface area contributed by atoms with Gasteiger partial charge in [0.15, 0.2) is 0 Å². The lowest BCUT2D eigenvalue weighted by atomic mass is 10.2. The van der Waals surface area contributed by atoms with E-state index in [1.165, 1.54) is 24.6 Å². The van der Waals surface area contributed by atoms with E-state index in [1.807, 2.05) is 0 Å². The second kappa shape index (κ2) is 8.16. The Kier molecular flexibility index (Phi) is 5.97. The monoisotopic (exact) mass is 334 g/mol. The van der Waals surface area contributed by atoms with Crippen LogP contribution < -0.4 is 0 Å². The average Bonchev–Trinajstić information content (AvgIpc) is 2.54. The molecule has 0 heterocycles. The lowest BCUT2D eigenvalue weighted by molar-refractivity contribution is 0.193. The average molecular weight is 334 g/mol. The number of aliphatic hydroxyl groups is 1. The van der Waals surface area contributed by atoms with Crippen molar-refractivity contribution in [3.05, 3.63) is 59.2 Å². The Balaban J connectivity index is 1.88. The maximum Gasteiger partial charge on any atom is 0.124 e. The summed E-state index contributed by atoms with van der Waals surface area (Å²) in [7, 11) is 0. The lowest BCUT2D eigenvalue weighted by Crippen LogP contribution is -2.15. The number of rotatable bonds is 6. The SMILES string of the molecule is Oc1ccc(F)cc1C=NCC(O)CN=Cc1cc(F)ccc1O. The smallest absolute Gasteiger partial charge is 0.124 e. The first kappa shape index (κ1) is 17.6. The second-order valence-corrected chi connectivity index (χ2v) is 5.05. The molecular formula is C17H16F2N2O3. The molecule has 2 rings (SSSR count). The summed E-state index contributed by atoms with van der Waals surface area (Å²) in [5.41, 5.74) is 0.408. The van der Waals surface area contributed by atoms with Crippen LogP contribution >= 0.6 is 0 Å². The molecule has 2 aromatic carbocycles. The van der Waals surface area contributed by atoms with E-state index in [2.05, 4.69) is 9.98 Å². The van der Waals surface area contributed by atoms with E-state index < -0.39 is 17.7 Å². The van der Waals surface area contributed by atoms with Gasteiger partial charge in [0.25, 0.3) is 0 Å². The molecule has 0 amide bonds. The second-order valence-electron chi connectivity index (χ2n) is 5.05. The zero-order valence-electron chi connectivity index (χ0n) is 12.6. The van der Waals surface area contributed by atoms with Gasteiger partial charge in [-0.25, -0.2) is 8.78 Å². The molecule has 0 aliphatic carbocycles. The van der Waals surface area contributed by atoms with Gasteiger partial charge in [0.2, 0.25) is 0 Å². The van der Waals surface area contributed by atoms with E-state index in [0.29, 0.717) is 0 Å². The molecule has 0 saturated heterocycles. The van der Waals surface area contributed by atoms with Crippen molar-refractivity contribution in [2.75, 3.05) is 13.1 Å². The van der Waals surface area contributed by atoms with Crippen LogP contribution in [0.5, 0.6) is 11.5 Å². The highest BCUT2D eigenvalue weighted by molar-refractivity contribution is 5.83. The molecule has 0 atom stereocenters. The van der Waals surface area contributed by atoms with Gasteiger partial charge < -0.3 is 15.3 Å². The lowest BCUT2D eigenvalue weighted by Gasteiger charge is -2.04. The molecule has 0 aliphatic heterocycles. The molecule has 7 heteroatoms. The van der Waals surface area contributed by atoms with E-state index in [4.69, 9.17) is 0 Å². The van der Waals surface area contributed by atoms with E-state index in [9.17, 15) is 24.1 Å². The molecule has 0 unspecified atom stereocenters. The Labute approximate surface area is 137 Å². The van der Waals surface area contributed by atoms with Crippen LogP contribution in [0.4, 0.5) is 8.78 Å². The van der Waals surface area contributed by atoms with Crippen LogP contribution in [0.15, 0.2) is 46.4 Å². The Morgan fingerprint density at radius 3 is 1.67 bits per heavy atom. The summed E-state index contributed by atoms with van der Waals surface area (Å²) >= 11 is 0. The quantitative estimate of drug-likeness (QED) is 0.709. The fraction of sp³-hybridized carbons (Fsp3) is 0.176. The predicted molar refractivity (Wildman–Crippen MR) is 87.1 cm³/mol. The van der Waals surface area contributed by atoms with E-state index in [1.54, 1.807) is 0 Å². The molecule has 5 nitrogen and oxygen atoms in total. The first-order valence-electron chi connectivity index (χ1n) is 7.10. The zero-order valence-corrected chi connectivity index (χ0v) is 12.6. The van der Waals surface area contributed by atoms with Crippen LogP contribution in [-0.2, 0) is 0 Å². The predicted octanol–water partition coefficient (Wildman–Crippen LogP) is 2.27. The fourth-order valence-corrected chi connectivity index (χ4v) is 1.86. The topological polar surface area (TPSA) is 85.4 Å². The Hall–Kier alpha value is -2.80. The molecule has 24 heavy (non-hydrogen) atoms. The minimum Gasteiger partial charge on any atom is -0.507 e. The first-order chi connectivity index (χ1) is 11.5. The molecule has 3 N–H and O–H groups in total. The Bertz CT molecular complexity index is 700. The van der Waals surface area contributed by atoms with Crippen LogP contribution in [0.2, 0.25) is 0 Å². The van der Waals surface area contributed by atoms with Crippen LogP contribution in [0, 0.1) is 11.6 Å². The molecular weight excluding hydrogens is 318 g/mol. The van der Waals surface area contributed by atoms with Gasteiger partial charge in [0, 0.05) is 23.6 Å². The van der Waals surface area contributed by atoms with Crippen LogP contribution in [0.1, 0.15) is 11.1 Å². The number of aromatic hydroxyl groups is 2. The van der Waals surface area contributed by atoms with Gasteiger partial charge in [0.05, 0.1) is 19.2 Å². The standard InChI is InChI=1S/C17H16F2N2O3/c18-13-1-3-16(23)11(5-13)7-20-9-15(22)10-21-8-12-6-14(19)2-4-17(12)24/h1-8,15,22-24H,9-10H2. The van der Waals surface area contributed by atoms with Crippen LogP contribution in [0.3, 0.4) is 0 Å². The third-order valence-corrected chi connectivity index (χ3v) is 3.07. The maximum atomic E-state index is 13.0. The first-order valence-corrected chi connectivity index (χ1v) is 7.10. The summed E-state index contributed by atoms with van der Waals surface area (Å²) in [6, 6.07) is 6.91. The van der Waals surface area contributed by atoms with E-state index in [-0.39, 0.29) is 35.7 Å². The van der Waals surface area contributed by atoms with Gasteiger partial charge >= 0.3 is 0 Å². The van der Waals surface area contributed by atoms with Crippen molar-refractivity contribution in [2.45, 2.75) is 6.10 Å². The summed E-state index contributed by atoms with van der Waals surface area (Å²) in [5.74, 6) is -1.24. The highest BCUT2D eigenvalue weighted by Crippen LogP contribution is 2.16. The molecule has 126 valence electrons. The van der Waals surface area contributed by atoms with Gasteiger partial charge in [-0.2, -0.15) is 0 Å². The molecule has 0 spiro atoms. The zero-order chi connectivity index (χ0) is 17.5. The number of benzene rings is 2. The number of aliphatic imine (C=N–C) groups is 2. The van der Waals surface area contributed by atoms with Crippen LogP contribution in [-0.4, -0.2) is 46.9 Å². The summed E-state index contributed by atoms with van der Waals surface area (Å²) in [4.78, 5) is 7.83. The number of hydrogen-bond acceptors (Lipinski definition) is 5. The number of aliphatic hydroxyl groups excluding tert-OH is 1. The molecule has 0 saturated carbocycles. The number of phenolic OH excluding ortho intramolecular Hbond substituents is 2. The van der Waals surface area contributed by atoms with Gasteiger partial charge in [0.1, 0.15) is 23.1 Å². The van der Waals surface area contributed by atoms with Crippen molar-refractivity contribution >= 4 is 12.4 Å². The summed E-state index contributed by atoms with van der Waals surface area (Å²) in [5, 5.41) is 28.8. The van der Waals surface area contributed by atoms with E-state index >= 15 is 0 Å². The maximum absolute atomic E-state index is 13.0. The highest BCUT2D eigenvalue weighted by atomic mass is 19.1. The van der Waals surface area contributed by atoms with Crippen LogP contribution in [0.25, 0.3) is 0 Å². The summed E-state index contributed by atoms with van der Waals surface area (Å²) < 4.78 is 26.1. The minimum absolute atomic E-state index is 0.0115. The fourth-order valence-electron chi connectivity index (χ4n) is 1.86. The summed E-state index contributed by atoms with van der Waals surface area (Å²) in [6.45, 7) is -0.0230. The molecule has 0 radical (unpaired) electrons. The molecule has 0 bridgehead atoms. The number of hydrogen-bond donors (Lipinski definition) is 3. The van der Waals surface area contributed by atoms with Crippen molar-refractivity contribution in [1.82, 2.24) is 0 Å². The Morgan fingerprint density at radius 2 is 1.25 bits per heavy atom. The number of halogens is 2. The van der Waals surface area contributed by atoms with Gasteiger partial charge in [-0.15, -0.1) is 0 Å². The largest absolute Gasteiger partial charge is 0.507 e. The molecule has 0 aliphatic rings. The number of phenols is 2. The Morgan fingerprint density at radius 1 is 0.833 bits per heavy atom. The van der Waals surface area contributed by atoms with Gasteiger partial charge in [-0.05, 0) is 36.4 Å². The third kappa shape index (κ3) is 5.13. The molecule has 0 fully saturated rings. The van der Waals surface area contributed by atoms with Crippen molar-refractivity contribution < 1.29 is 24.1 Å². The third-order valence-electron chi connectivity index (χ3n) is 3.07. The summed E-state index contributed by atoms with van der Waals surface area (Å²) in [6.07, 6.45) is 1.59. The van der Waals surface area contributed by atoms with Gasteiger partial charge in [-0.1, -0.05) is 0 Å². The van der Waals surface area contributed by atoms with Gasteiger partial charge in [-0.3, -0.25) is 9.98 Å². The van der Waals surface area contributed by atoms with E-state index in [0.717, 1.165) is 24.3 Å². The van der Waals surface area contributed by atoms with Crippen molar-refractivity contribution in [3.63, 3.8) is 0 Å². The minimum atomic E-state index is -0.913. The normalized spacial score (nSPS) is 13.0. The molecule has 0 aromatic heterocycles. The number of nitrogens with zero attached hydrogens (tertiary/aromatic N) is 2. The van der Waals surface area contributed by atoms with Crippen molar-refractivity contribution in [1.29, 1.82) is 0 Å². The highest BCUT2D eigenvalue weighted by Gasteiger charge is 2.04. The van der Waals surface area contributed by atoms with Crippen molar-refractivity contribution in [2.24, 2.45) is 9.98 Å². The molecule has 2 aromatic rings. The van der Waals surface area contributed by atoms with Crippen molar-refractivity contribution in [3.8, 4) is 11.5 Å².